The highest BCUT2D eigenvalue weighted by molar-refractivity contribution is 7.92. The molecule has 52 heavy (non-hydrogen) atoms. The van der Waals surface area contributed by atoms with Gasteiger partial charge in [-0.15, -0.1) is 4.36 Å². The Balaban J connectivity index is 1.30. The predicted molar refractivity (Wildman–Crippen MR) is 196 cm³/mol. The lowest BCUT2D eigenvalue weighted by Gasteiger charge is -2.46. The fourth-order valence-electron chi connectivity index (χ4n) is 8.41. The maximum atomic E-state index is 14.5. The van der Waals surface area contributed by atoms with Crippen LogP contribution < -0.4 is 14.4 Å². The van der Waals surface area contributed by atoms with Crippen molar-refractivity contribution in [2.45, 2.75) is 63.4 Å². The van der Waals surface area contributed by atoms with Crippen molar-refractivity contribution in [3.05, 3.63) is 87.7 Å². The van der Waals surface area contributed by atoms with Gasteiger partial charge in [-0.1, -0.05) is 36.7 Å². The third kappa shape index (κ3) is 7.23. The molecule has 2 aliphatic carbocycles. The van der Waals surface area contributed by atoms with Gasteiger partial charge in [0.05, 0.1) is 29.7 Å². The van der Waals surface area contributed by atoms with Gasteiger partial charge in [0.15, 0.2) is 0 Å². The van der Waals surface area contributed by atoms with Crippen LogP contribution in [0.5, 0.6) is 5.75 Å². The number of methoxy groups -OCH3 is 1. The Hall–Kier alpha value is -3.81. The molecule has 278 valence electrons. The van der Waals surface area contributed by atoms with Crippen LogP contribution in [0.1, 0.15) is 83.0 Å². The first-order valence-electron chi connectivity index (χ1n) is 17.8. The number of nitrogens with zero attached hydrogens (tertiary/aromatic N) is 4. The van der Waals surface area contributed by atoms with Gasteiger partial charge in [-0.2, -0.15) is 5.10 Å². The second-order valence-corrected chi connectivity index (χ2v) is 17.2. The van der Waals surface area contributed by atoms with Crippen LogP contribution in [-0.2, 0) is 33.5 Å². The number of ether oxygens (including phenoxy) is 2. The minimum atomic E-state index is -3.80. The Labute approximate surface area is 308 Å². The zero-order valence-electron chi connectivity index (χ0n) is 29.5. The fourth-order valence-corrected chi connectivity index (χ4v) is 10.5. The number of allylic oxidation sites excluding steroid dienone is 1. The lowest BCUT2D eigenvalue weighted by Crippen LogP contribution is -2.49. The number of halogens is 3. The van der Waals surface area contributed by atoms with Crippen LogP contribution in [0.2, 0.25) is 5.02 Å². The summed E-state index contributed by atoms with van der Waals surface area (Å²) in [6.07, 6.45) is 7.38. The summed E-state index contributed by atoms with van der Waals surface area (Å²) < 4.78 is 62.2. The molecule has 2 aliphatic heterocycles. The number of anilines is 1. The molecule has 1 aromatic heterocycles. The number of aromatic nitrogens is 2. The summed E-state index contributed by atoms with van der Waals surface area (Å²) in [5.41, 5.74) is 1.87. The maximum Gasteiger partial charge on any atom is 0.286 e. The van der Waals surface area contributed by atoms with E-state index in [1.54, 1.807) is 25.3 Å². The van der Waals surface area contributed by atoms with Gasteiger partial charge in [-0.25, -0.2) is 13.0 Å². The molecule has 1 spiro atoms. The highest BCUT2D eigenvalue weighted by Gasteiger charge is 2.44. The van der Waals surface area contributed by atoms with Gasteiger partial charge >= 0.3 is 0 Å². The zero-order valence-corrected chi connectivity index (χ0v) is 31.1. The molecular formula is C38H44ClF2N5O5S. The molecule has 1 N–H and O–H groups in total. The third-order valence-corrected chi connectivity index (χ3v) is 13.3. The average Bonchev–Trinajstić information content (AvgIpc) is 3.42. The number of alkyl halides is 2. The molecule has 3 aromatic rings. The fraction of sp³-hybridized carbons (Fsp3) is 0.500. The number of hydrogen-bond acceptors (Lipinski definition) is 7. The van der Waals surface area contributed by atoms with E-state index in [1.807, 2.05) is 25.1 Å². The molecule has 10 nitrogen and oxygen atoms in total. The molecule has 14 heteroatoms. The summed E-state index contributed by atoms with van der Waals surface area (Å²) in [5.74, 6) is -1.08. The van der Waals surface area contributed by atoms with Gasteiger partial charge in [0.2, 0.25) is 0 Å². The number of carbonyl (C=O) groups excluding carboxylic acids is 2. The van der Waals surface area contributed by atoms with Crippen molar-refractivity contribution < 1.29 is 32.1 Å². The number of fused-ring (bicyclic) bond motifs is 4. The molecule has 2 bridgehead atoms. The summed E-state index contributed by atoms with van der Waals surface area (Å²) in [6, 6.07) is 11.2. The monoisotopic (exact) mass is 755 g/mol. The van der Waals surface area contributed by atoms with E-state index in [0.29, 0.717) is 36.3 Å². The molecule has 6 atom stereocenters. The largest absolute Gasteiger partial charge is 0.490 e. The van der Waals surface area contributed by atoms with Crippen LogP contribution >= 0.6 is 11.6 Å². The topological polar surface area (TPSA) is 115 Å². The van der Waals surface area contributed by atoms with Gasteiger partial charge in [0, 0.05) is 49.4 Å². The molecule has 0 saturated heterocycles. The van der Waals surface area contributed by atoms with Crippen molar-refractivity contribution in [1.82, 2.24) is 14.5 Å². The molecule has 2 aromatic carbocycles. The van der Waals surface area contributed by atoms with E-state index in [2.05, 4.69) is 31.2 Å². The molecule has 0 radical (unpaired) electrons. The van der Waals surface area contributed by atoms with Crippen molar-refractivity contribution in [3.63, 3.8) is 0 Å². The van der Waals surface area contributed by atoms with Gasteiger partial charge in [-0.05, 0) is 97.7 Å². The van der Waals surface area contributed by atoms with Crippen LogP contribution in [0, 0.1) is 17.8 Å². The number of hydrogen-bond donors (Lipinski definition) is 1. The molecule has 1 saturated carbocycles. The zero-order chi connectivity index (χ0) is 36.8. The van der Waals surface area contributed by atoms with E-state index >= 15 is 0 Å². The van der Waals surface area contributed by atoms with E-state index in [0.717, 1.165) is 55.2 Å². The smallest absolute Gasteiger partial charge is 0.286 e. The Morgan fingerprint density at radius 3 is 2.79 bits per heavy atom. The Morgan fingerprint density at radius 2 is 2.04 bits per heavy atom. The van der Waals surface area contributed by atoms with Crippen molar-refractivity contribution in [3.8, 4) is 5.75 Å². The summed E-state index contributed by atoms with van der Waals surface area (Å²) in [4.78, 5) is 29.7. The lowest BCUT2D eigenvalue weighted by atomic mass is 9.68. The van der Waals surface area contributed by atoms with Crippen LogP contribution in [0.4, 0.5) is 14.5 Å². The van der Waals surface area contributed by atoms with Crippen LogP contribution in [0.15, 0.2) is 59.1 Å². The van der Waals surface area contributed by atoms with E-state index in [1.165, 1.54) is 18.2 Å². The number of nitrogens with one attached hydrogen (secondary N) is 1. The third-order valence-electron chi connectivity index (χ3n) is 11.1. The van der Waals surface area contributed by atoms with Gasteiger partial charge in [0.25, 0.3) is 18.2 Å². The van der Waals surface area contributed by atoms with Gasteiger partial charge < -0.3 is 14.4 Å². The highest BCUT2D eigenvalue weighted by atomic mass is 35.5. The Kier molecular flexibility index (Phi) is 10.2. The number of amides is 2. The molecule has 1 fully saturated rings. The van der Waals surface area contributed by atoms with E-state index in [-0.39, 0.29) is 34.7 Å². The van der Waals surface area contributed by atoms with Gasteiger partial charge in [0.1, 0.15) is 21.4 Å². The van der Waals surface area contributed by atoms with E-state index in [9.17, 15) is 22.6 Å². The van der Waals surface area contributed by atoms with Crippen molar-refractivity contribution in [2.24, 2.45) is 29.2 Å². The molecule has 7 rings (SSSR count). The Bertz CT molecular complexity index is 2030. The molecule has 2 amide bonds. The minimum Gasteiger partial charge on any atom is -0.490 e. The number of aryl methyl sites for hydroxylation is 2. The first-order valence-corrected chi connectivity index (χ1v) is 19.9. The molecular weight excluding hydrogens is 712 g/mol. The summed E-state index contributed by atoms with van der Waals surface area (Å²) in [6.45, 7) is 3.66. The maximum absolute atomic E-state index is 14.5. The minimum absolute atomic E-state index is 0.131. The van der Waals surface area contributed by atoms with E-state index in [4.69, 9.17) is 21.1 Å². The second-order valence-electron chi connectivity index (χ2n) is 14.8. The first-order chi connectivity index (χ1) is 24.9. The predicted octanol–water partition coefficient (Wildman–Crippen LogP) is 7.07. The second kappa shape index (κ2) is 14.5. The van der Waals surface area contributed by atoms with Crippen LogP contribution in [0.3, 0.4) is 0 Å². The van der Waals surface area contributed by atoms with E-state index < -0.39 is 39.4 Å². The first kappa shape index (κ1) is 36.5. The summed E-state index contributed by atoms with van der Waals surface area (Å²) >= 11 is 6.44. The molecule has 3 heterocycles. The Morgan fingerprint density at radius 1 is 1.21 bits per heavy atom. The highest BCUT2D eigenvalue weighted by Crippen LogP contribution is 2.47. The number of rotatable bonds is 4. The number of carbonyl (C=O) groups is 2. The molecule has 0 unspecified atom stereocenters. The summed E-state index contributed by atoms with van der Waals surface area (Å²) in [5, 5.41) is 4.41. The normalized spacial score (nSPS) is 29.6. The van der Waals surface area contributed by atoms with Crippen LogP contribution in [-0.4, -0.2) is 64.5 Å². The van der Waals surface area contributed by atoms with Gasteiger partial charge in [-0.3, -0.25) is 19.0 Å². The average molecular weight is 756 g/mol. The van der Waals surface area contributed by atoms with Crippen LogP contribution in [0.25, 0.3) is 0 Å². The SMILES string of the molecule is CO[C@H]1/C=C/C[C@H](C)C[S@@](=O)(NC(=O)c2cn(C)nc2C(F)F)=NC(=O)c2ccc3c(c2)N(C[C@@H]2CC[C@H]21)C[C@@]1(CCCc2cc(Cl)ccc21)CO3. The molecule has 4 aliphatic rings. The van der Waals surface area contributed by atoms with Crippen molar-refractivity contribution in [2.75, 3.05) is 37.5 Å². The lowest BCUT2D eigenvalue weighted by molar-refractivity contribution is 0.0131. The number of benzene rings is 2. The summed E-state index contributed by atoms with van der Waals surface area (Å²) in [7, 11) is -0.678. The van der Waals surface area contributed by atoms with Crippen molar-refractivity contribution >= 4 is 39.0 Å². The van der Waals surface area contributed by atoms with Crippen molar-refractivity contribution in [1.29, 1.82) is 0 Å². The standard InChI is InChI=1S/C38H44ClF2N5O5S/c1-23-6-4-8-32(50-3)28-12-9-26(28)18-46-21-38(15-5-7-24-16-27(39)11-13-30(24)38)22-51-33-14-10-25(17-31(33)46)36(47)43-52(49,20-23)44-37(48)29-19-45(2)42-34(29)35(40)41/h4,8,10-11,13-14,16-17,19,23,26,28,32,35H,5-7,9,12,15,18,20-22H2,1-3H3,(H,43,44,47,48,49)/b8-4+/t23-,26-,28+,32-,38-,52-/m0/s1. The quantitative estimate of drug-likeness (QED) is 0.283.